The molecule has 1 saturated carbocycles. The van der Waals surface area contributed by atoms with E-state index in [1.54, 1.807) is 6.07 Å². The third-order valence-corrected chi connectivity index (χ3v) is 3.20. The van der Waals surface area contributed by atoms with Crippen molar-refractivity contribution in [2.75, 3.05) is 0 Å². The Morgan fingerprint density at radius 3 is 2.89 bits per heavy atom. The Bertz CT molecular complexity index is 736. The maximum atomic E-state index is 12.1. The summed E-state index contributed by atoms with van der Waals surface area (Å²) in [7, 11) is 0. The minimum Gasteiger partial charge on any atom is -0.449 e. The fourth-order valence-corrected chi connectivity index (χ4v) is 2.17. The quantitative estimate of drug-likeness (QED) is 0.675. The monoisotopic (exact) mass is 280 g/mol. The molecule has 0 bridgehead atoms. The van der Waals surface area contributed by atoms with Gasteiger partial charge in [-0.2, -0.15) is 0 Å². The number of nitrogens with zero attached hydrogens (tertiary/aromatic N) is 2. The fourth-order valence-electron chi connectivity index (χ4n) is 2.02. The molecule has 6 nitrogen and oxygen atoms in total. The van der Waals surface area contributed by atoms with Crippen LogP contribution in [0.25, 0.3) is 10.9 Å². The van der Waals surface area contributed by atoms with Gasteiger partial charge in [-0.3, -0.25) is 4.79 Å². The lowest BCUT2D eigenvalue weighted by molar-refractivity contribution is 0.143. The lowest BCUT2D eigenvalue weighted by Gasteiger charge is -2.11. The highest BCUT2D eigenvalue weighted by atomic mass is 35.5. The second-order valence-corrected chi connectivity index (χ2v) is 4.74. The van der Waals surface area contributed by atoms with Gasteiger partial charge in [-0.25, -0.2) is 9.78 Å². The molecule has 1 N–H and O–H groups in total. The first-order valence-corrected chi connectivity index (χ1v) is 6.05. The lowest BCUT2D eigenvalue weighted by Crippen LogP contribution is -2.16. The van der Waals surface area contributed by atoms with Crippen LogP contribution >= 0.6 is 11.6 Å². The molecule has 0 aliphatic heterocycles. The maximum absolute atomic E-state index is 12.1. The molecule has 0 atom stereocenters. The van der Waals surface area contributed by atoms with Gasteiger partial charge in [-0.15, -0.1) is 0 Å². The first-order valence-electron chi connectivity index (χ1n) is 5.67. The molecule has 0 aromatic carbocycles. The number of aromatic nitrogens is 2. The van der Waals surface area contributed by atoms with Crippen LogP contribution in [0.2, 0.25) is 5.15 Å². The van der Waals surface area contributed by atoms with Crippen molar-refractivity contribution in [1.29, 1.82) is 0 Å². The van der Waals surface area contributed by atoms with Crippen LogP contribution < -0.4 is 10.2 Å². The highest BCUT2D eigenvalue weighted by molar-refractivity contribution is 6.30. The fraction of sp³-hybridized carbons (Fsp3) is 0.250. The van der Waals surface area contributed by atoms with Crippen LogP contribution in [0, 0.1) is 0 Å². The Morgan fingerprint density at radius 2 is 2.26 bits per heavy atom. The molecule has 3 rings (SSSR count). The van der Waals surface area contributed by atoms with Gasteiger partial charge in [0.25, 0.3) is 0 Å². The summed E-state index contributed by atoms with van der Waals surface area (Å²) >= 11 is 5.84. The van der Waals surface area contributed by atoms with Gasteiger partial charge in [0.15, 0.2) is 5.75 Å². The van der Waals surface area contributed by atoms with E-state index in [0.717, 1.165) is 12.8 Å². The summed E-state index contributed by atoms with van der Waals surface area (Å²) in [5.41, 5.74) is 0.142. The zero-order valence-electron chi connectivity index (χ0n) is 9.67. The number of carboxylic acid groups (broad SMARTS) is 1. The second-order valence-electron chi connectivity index (χ2n) is 4.35. The number of ether oxygens (including phenoxy) is 1. The summed E-state index contributed by atoms with van der Waals surface area (Å²) in [6.07, 6.45) is 3.20. The van der Waals surface area contributed by atoms with Crippen molar-refractivity contribution in [2.45, 2.75) is 18.9 Å². The van der Waals surface area contributed by atoms with Crippen molar-refractivity contribution in [2.24, 2.45) is 0 Å². The van der Waals surface area contributed by atoms with Crippen LogP contribution in [0.5, 0.6) is 5.75 Å². The third kappa shape index (κ3) is 2.15. The van der Waals surface area contributed by atoms with Crippen molar-refractivity contribution in [1.82, 2.24) is 9.55 Å². The predicted octanol–water partition coefficient (Wildman–Crippen LogP) is 2.44. The van der Waals surface area contributed by atoms with Gasteiger partial charge >= 0.3 is 6.16 Å². The predicted molar refractivity (Wildman–Crippen MR) is 67.9 cm³/mol. The molecule has 98 valence electrons. The van der Waals surface area contributed by atoms with Crippen molar-refractivity contribution in [3.05, 3.63) is 33.8 Å². The zero-order chi connectivity index (χ0) is 13.6. The topological polar surface area (TPSA) is 81.4 Å². The van der Waals surface area contributed by atoms with Crippen LogP contribution in [-0.2, 0) is 0 Å². The molecular formula is C12H9ClN2O4. The molecule has 0 amide bonds. The number of rotatable bonds is 2. The van der Waals surface area contributed by atoms with Crippen LogP contribution in [0.4, 0.5) is 4.79 Å². The molecule has 19 heavy (non-hydrogen) atoms. The minimum absolute atomic E-state index is 0.212. The highest BCUT2D eigenvalue weighted by Gasteiger charge is 2.26. The molecule has 1 fully saturated rings. The molecule has 0 unspecified atom stereocenters. The first kappa shape index (κ1) is 12.0. The zero-order valence-corrected chi connectivity index (χ0v) is 10.4. The van der Waals surface area contributed by atoms with E-state index in [4.69, 9.17) is 16.7 Å². The van der Waals surface area contributed by atoms with Crippen molar-refractivity contribution < 1.29 is 14.6 Å². The number of hydrogen-bond donors (Lipinski definition) is 1. The molecule has 0 saturated heterocycles. The molecule has 1 aliphatic rings. The van der Waals surface area contributed by atoms with E-state index in [2.05, 4.69) is 9.72 Å². The third-order valence-electron chi connectivity index (χ3n) is 2.99. The number of fused-ring (bicyclic) bond motifs is 1. The Kier molecular flexibility index (Phi) is 2.67. The minimum atomic E-state index is -1.51. The summed E-state index contributed by atoms with van der Waals surface area (Å²) in [4.78, 5) is 26.5. The van der Waals surface area contributed by atoms with E-state index in [0.29, 0.717) is 10.9 Å². The van der Waals surface area contributed by atoms with E-state index in [-0.39, 0.29) is 16.9 Å². The van der Waals surface area contributed by atoms with Crippen LogP contribution in [0.1, 0.15) is 18.9 Å². The maximum Gasteiger partial charge on any atom is 0.511 e. The van der Waals surface area contributed by atoms with E-state index in [1.807, 2.05) is 4.57 Å². The van der Waals surface area contributed by atoms with Gasteiger partial charge in [-0.1, -0.05) is 11.6 Å². The van der Waals surface area contributed by atoms with Gasteiger partial charge in [0, 0.05) is 12.2 Å². The molecule has 0 radical (unpaired) electrons. The number of pyridine rings is 2. The summed E-state index contributed by atoms with van der Waals surface area (Å²) in [6, 6.07) is 1.85. The largest absolute Gasteiger partial charge is 0.511 e. The van der Waals surface area contributed by atoms with Gasteiger partial charge in [0.05, 0.1) is 17.1 Å². The average Bonchev–Trinajstić information content (AvgIpc) is 3.16. The Morgan fingerprint density at radius 1 is 1.53 bits per heavy atom. The van der Waals surface area contributed by atoms with Gasteiger partial charge in [0.1, 0.15) is 5.15 Å². The summed E-state index contributed by atoms with van der Waals surface area (Å²) in [6.45, 7) is 0. The summed E-state index contributed by atoms with van der Waals surface area (Å²) in [5, 5.41) is 9.23. The van der Waals surface area contributed by atoms with E-state index in [9.17, 15) is 9.59 Å². The average molecular weight is 281 g/mol. The Balaban J connectivity index is 2.30. The lowest BCUT2D eigenvalue weighted by atomic mass is 10.2. The molecule has 0 spiro atoms. The van der Waals surface area contributed by atoms with E-state index in [1.165, 1.54) is 12.4 Å². The highest BCUT2D eigenvalue weighted by Crippen LogP contribution is 2.37. The van der Waals surface area contributed by atoms with Gasteiger partial charge < -0.3 is 14.4 Å². The van der Waals surface area contributed by atoms with Gasteiger partial charge in [-0.05, 0) is 18.9 Å². The van der Waals surface area contributed by atoms with E-state index >= 15 is 0 Å². The molecule has 2 heterocycles. The van der Waals surface area contributed by atoms with Crippen molar-refractivity contribution >= 4 is 28.7 Å². The van der Waals surface area contributed by atoms with Crippen molar-refractivity contribution in [3.8, 4) is 5.75 Å². The Labute approximate surface area is 112 Å². The van der Waals surface area contributed by atoms with Crippen LogP contribution in [-0.4, -0.2) is 20.8 Å². The molecule has 1 aliphatic carbocycles. The molecular weight excluding hydrogens is 272 g/mol. The summed E-state index contributed by atoms with van der Waals surface area (Å²) in [5.74, 6) is -0.212. The van der Waals surface area contributed by atoms with Crippen LogP contribution in [0.15, 0.2) is 23.3 Å². The second kappa shape index (κ2) is 4.24. The van der Waals surface area contributed by atoms with Crippen LogP contribution in [0.3, 0.4) is 0 Å². The standard InChI is InChI=1S/C12H9ClN2O4/c13-10-3-8-7(4-14-10)11(16)9(19-12(17)18)5-15(8)6-1-2-6/h3-6H,1-2H2,(H,17,18). The number of carbonyl (C=O) groups is 1. The first-order chi connectivity index (χ1) is 9.06. The Hall–Kier alpha value is -2.08. The molecule has 2 aromatic heterocycles. The normalized spacial score (nSPS) is 14.6. The SMILES string of the molecule is O=C(O)Oc1cn(C2CC2)c2cc(Cl)ncc2c1=O. The van der Waals surface area contributed by atoms with E-state index < -0.39 is 11.6 Å². The molecule has 7 heteroatoms. The number of halogens is 1. The van der Waals surface area contributed by atoms with Crippen molar-refractivity contribution in [3.63, 3.8) is 0 Å². The number of hydrogen-bond acceptors (Lipinski definition) is 4. The molecule has 2 aromatic rings. The smallest absolute Gasteiger partial charge is 0.449 e. The summed E-state index contributed by atoms with van der Waals surface area (Å²) < 4.78 is 6.35. The van der Waals surface area contributed by atoms with Gasteiger partial charge in [0.2, 0.25) is 5.43 Å².